The van der Waals surface area contributed by atoms with Crippen molar-refractivity contribution >= 4 is 42.0 Å². The number of carbonyl (C=O) groups is 7. The summed E-state index contributed by atoms with van der Waals surface area (Å²) in [4.78, 5) is 92.3. The molecule has 59 heavy (non-hydrogen) atoms. The van der Waals surface area contributed by atoms with Crippen LogP contribution in [0.4, 0.5) is 13.2 Å². The average molecular weight is 835 g/mol. The Morgan fingerprint density at radius 3 is 2.22 bits per heavy atom. The quantitative estimate of drug-likeness (QED) is 0.0365. The van der Waals surface area contributed by atoms with Gasteiger partial charge in [0.25, 0.3) is 11.8 Å². The predicted molar refractivity (Wildman–Crippen MR) is 200 cm³/mol. The maximum absolute atomic E-state index is 13.8. The van der Waals surface area contributed by atoms with E-state index in [1.54, 1.807) is 13.8 Å². The first kappa shape index (κ1) is 46.8. The van der Waals surface area contributed by atoms with E-state index in [1.165, 1.54) is 30.3 Å². The third-order valence-electron chi connectivity index (χ3n) is 8.84. The second-order valence-electron chi connectivity index (χ2n) is 12.8. The topological polar surface area (TPSA) is 240 Å². The Labute approximate surface area is 336 Å². The summed E-state index contributed by atoms with van der Waals surface area (Å²) in [6.45, 7) is 4.83. The van der Waals surface area contributed by atoms with E-state index in [0.29, 0.717) is 29.5 Å². The molecule has 2 unspecified atom stereocenters. The molecule has 1 aromatic heterocycles. The molecule has 320 valence electrons. The zero-order valence-corrected chi connectivity index (χ0v) is 32.6. The highest BCUT2D eigenvalue weighted by atomic mass is 19.4. The van der Waals surface area contributed by atoms with Gasteiger partial charge in [-0.05, 0) is 62.2 Å². The van der Waals surface area contributed by atoms with E-state index in [2.05, 4.69) is 16.0 Å². The number of furan rings is 1. The number of hydroxylamine groups is 2. The first-order valence-electron chi connectivity index (χ1n) is 18.4. The number of nitrogens with zero attached hydrogens (tertiary/aromatic N) is 1. The number of methoxy groups -OCH3 is 1. The lowest BCUT2D eigenvalue weighted by Gasteiger charge is -2.32. The zero-order valence-electron chi connectivity index (χ0n) is 32.6. The van der Waals surface area contributed by atoms with E-state index in [0.717, 1.165) is 25.7 Å². The number of rotatable bonds is 23. The molecule has 5 N–H and O–H groups in total. The monoisotopic (exact) mass is 834 g/mol. The first-order valence-corrected chi connectivity index (χ1v) is 18.4. The summed E-state index contributed by atoms with van der Waals surface area (Å²) in [5.74, 6) is -7.98. The number of carboxylic acids is 2. The van der Waals surface area contributed by atoms with Gasteiger partial charge in [0, 0.05) is 5.56 Å². The van der Waals surface area contributed by atoms with Crippen LogP contribution in [-0.2, 0) is 30.2 Å². The number of hydrogen-bond donors (Lipinski definition) is 5. The average Bonchev–Trinajstić information content (AvgIpc) is 3.69. The van der Waals surface area contributed by atoms with Gasteiger partial charge in [0.05, 0.1) is 55.5 Å². The fraction of sp³-hybridized carbons (Fsp3) is 0.410. The van der Waals surface area contributed by atoms with Gasteiger partial charge in [-0.3, -0.25) is 24.0 Å². The minimum Gasteiger partial charge on any atom is -0.497 e. The van der Waals surface area contributed by atoms with E-state index in [9.17, 15) is 51.8 Å². The molecule has 0 fully saturated rings. The molecule has 3 rings (SSSR count). The van der Waals surface area contributed by atoms with Crippen LogP contribution in [0.2, 0.25) is 0 Å². The molecular weight excluding hydrogens is 789 g/mol. The molecular formula is C39H45F3N4O13. The SMILES string of the molecule is CCCCCC(C(=O)NCNC(=O)c1ccc(-c2ccc(C(=O)NC(CC(=O)O)C(=O)O)c(OCC)c2)o1)[C@@H](CC)N(C=O)OC(=O)c1ccc(OC)cc1C(F)(F)F. The maximum atomic E-state index is 13.8. The molecule has 0 saturated carbocycles. The maximum Gasteiger partial charge on any atom is 0.417 e. The van der Waals surface area contributed by atoms with E-state index < -0.39 is 84.0 Å². The molecule has 1 heterocycles. The summed E-state index contributed by atoms with van der Waals surface area (Å²) in [6.07, 6.45) is -3.50. The van der Waals surface area contributed by atoms with Crippen LogP contribution >= 0.6 is 0 Å². The number of aliphatic carboxylic acids is 2. The predicted octanol–water partition coefficient (Wildman–Crippen LogP) is 5.04. The summed E-state index contributed by atoms with van der Waals surface area (Å²) < 4.78 is 57.5. The van der Waals surface area contributed by atoms with E-state index >= 15 is 0 Å². The lowest BCUT2D eigenvalue weighted by molar-refractivity contribution is -0.171. The van der Waals surface area contributed by atoms with Crippen molar-refractivity contribution in [1.82, 2.24) is 21.0 Å². The van der Waals surface area contributed by atoms with Crippen molar-refractivity contribution < 1.29 is 75.7 Å². The highest BCUT2D eigenvalue weighted by molar-refractivity contribution is 6.00. The van der Waals surface area contributed by atoms with Crippen molar-refractivity contribution in [2.45, 2.75) is 77.6 Å². The van der Waals surface area contributed by atoms with Crippen molar-refractivity contribution in [3.8, 4) is 22.8 Å². The smallest absolute Gasteiger partial charge is 0.417 e. The zero-order chi connectivity index (χ0) is 43.9. The van der Waals surface area contributed by atoms with Crippen LogP contribution in [0.25, 0.3) is 11.3 Å². The fourth-order valence-electron chi connectivity index (χ4n) is 5.92. The van der Waals surface area contributed by atoms with Gasteiger partial charge in [-0.15, -0.1) is 0 Å². The van der Waals surface area contributed by atoms with E-state index in [-0.39, 0.29) is 54.4 Å². The van der Waals surface area contributed by atoms with Gasteiger partial charge in [0.15, 0.2) is 5.76 Å². The molecule has 3 aromatic rings. The highest BCUT2D eigenvalue weighted by Crippen LogP contribution is 2.35. The molecule has 0 aliphatic carbocycles. The third-order valence-corrected chi connectivity index (χ3v) is 8.84. The number of benzene rings is 2. The van der Waals surface area contributed by atoms with Gasteiger partial charge >= 0.3 is 24.1 Å². The molecule has 4 amide bonds. The second-order valence-corrected chi connectivity index (χ2v) is 12.8. The Morgan fingerprint density at radius 2 is 1.63 bits per heavy atom. The Hall–Kier alpha value is -6.60. The molecule has 0 aliphatic rings. The number of halogens is 3. The van der Waals surface area contributed by atoms with Crippen LogP contribution in [0.1, 0.15) is 96.1 Å². The Kier molecular flexibility index (Phi) is 17.3. The largest absolute Gasteiger partial charge is 0.497 e. The number of carboxylic acid groups (broad SMARTS) is 2. The molecule has 0 saturated heterocycles. The summed E-state index contributed by atoms with van der Waals surface area (Å²) >= 11 is 0. The summed E-state index contributed by atoms with van der Waals surface area (Å²) in [5, 5.41) is 26.0. The summed E-state index contributed by atoms with van der Waals surface area (Å²) in [5.41, 5.74) is -1.97. The molecule has 20 heteroatoms. The highest BCUT2D eigenvalue weighted by Gasteiger charge is 2.39. The fourth-order valence-corrected chi connectivity index (χ4v) is 5.92. The van der Waals surface area contributed by atoms with Crippen LogP contribution in [0.3, 0.4) is 0 Å². The molecule has 0 bridgehead atoms. The van der Waals surface area contributed by atoms with Gasteiger partial charge in [-0.2, -0.15) is 18.2 Å². The molecule has 17 nitrogen and oxygen atoms in total. The van der Waals surface area contributed by atoms with Gasteiger partial charge < -0.3 is 44.9 Å². The van der Waals surface area contributed by atoms with Gasteiger partial charge in [-0.1, -0.05) is 39.2 Å². The van der Waals surface area contributed by atoms with Crippen molar-refractivity contribution in [3.63, 3.8) is 0 Å². The Balaban J connectivity index is 1.73. The first-order chi connectivity index (χ1) is 28.0. The van der Waals surface area contributed by atoms with E-state index in [1.807, 2.05) is 6.92 Å². The van der Waals surface area contributed by atoms with Gasteiger partial charge in [-0.25, -0.2) is 9.59 Å². The standard InChI is InChI=1S/C39H45F3N4O13/c1-5-8-9-10-25(29(6-2)46(21-47)59-38(55)24-14-12-23(56-4)18-27(24)39(40,41)42)34(50)43-20-44-36(52)31-16-15-30(58-31)22-11-13-26(32(17-22)57-7-3)35(51)45-28(37(53)54)19-33(48)49/h11-18,21,25,28-29H,5-10,19-20H2,1-4H3,(H,43,50)(H,44,52)(H,45,51)(H,48,49)(H,53,54)/t25?,28?,29-/m1/s1. The number of ether oxygens (including phenoxy) is 2. The summed E-state index contributed by atoms with van der Waals surface area (Å²) in [6, 6.07) is 6.71. The molecule has 0 aliphatic heterocycles. The minimum absolute atomic E-state index is 0.0145. The number of amides is 4. The Morgan fingerprint density at radius 1 is 0.915 bits per heavy atom. The van der Waals surface area contributed by atoms with Crippen LogP contribution in [-0.4, -0.2) is 89.8 Å². The lowest BCUT2D eigenvalue weighted by atomic mass is 9.90. The number of hydrogen-bond acceptors (Lipinski definition) is 11. The number of alkyl halides is 3. The normalized spacial score (nSPS) is 12.6. The molecule has 0 radical (unpaired) electrons. The third kappa shape index (κ3) is 13.0. The second kappa shape index (κ2) is 21.8. The van der Waals surface area contributed by atoms with Gasteiger partial charge in [0.2, 0.25) is 12.3 Å². The molecule has 3 atom stereocenters. The van der Waals surface area contributed by atoms with Crippen LogP contribution < -0.4 is 25.4 Å². The number of unbranched alkanes of at least 4 members (excludes halogenated alkanes) is 2. The lowest BCUT2D eigenvalue weighted by Crippen LogP contribution is -2.49. The molecule has 0 spiro atoms. The van der Waals surface area contributed by atoms with Crippen molar-refractivity contribution in [2.75, 3.05) is 20.4 Å². The van der Waals surface area contributed by atoms with Crippen LogP contribution in [0.15, 0.2) is 52.9 Å². The summed E-state index contributed by atoms with van der Waals surface area (Å²) in [7, 11) is 1.15. The van der Waals surface area contributed by atoms with Crippen molar-refractivity contribution in [1.29, 1.82) is 0 Å². The Bertz CT molecular complexity index is 1980. The van der Waals surface area contributed by atoms with Crippen LogP contribution in [0.5, 0.6) is 11.5 Å². The van der Waals surface area contributed by atoms with Crippen molar-refractivity contribution in [2.24, 2.45) is 5.92 Å². The van der Waals surface area contributed by atoms with Crippen molar-refractivity contribution in [3.05, 3.63) is 71.0 Å². The number of carbonyl (C=O) groups excluding carboxylic acids is 5. The van der Waals surface area contributed by atoms with E-state index in [4.69, 9.17) is 23.8 Å². The van der Waals surface area contributed by atoms with Gasteiger partial charge in [0.1, 0.15) is 23.3 Å². The number of nitrogens with one attached hydrogen (secondary N) is 3. The molecule has 2 aromatic carbocycles. The minimum atomic E-state index is -4.97. The van der Waals surface area contributed by atoms with Crippen LogP contribution in [0, 0.1) is 5.92 Å².